The molecule has 3 aromatic carbocycles. The summed E-state index contributed by atoms with van der Waals surface area (Å²) >= 11 is 0. The van der Waals surface area contributed by atoms with E-state index in [1.807, 2.05) is 0 Å². The van der Waals surface area contributed by atoms with E-state index in [2.05, 4.69) is 5.32 Å². The molecule has 0 aliphatic carbocycles. The van der Waals surface area contributed by atoms with Crippen molar-refractivity contribution in [2.45, 2.75) is 24.9 Å². The Bertz CT molecular complexity index is 1530. The van der Waals surface area contributed by atoms with Crippen molar-refractivity contribution in [1.29, 1.82) is 0 Å². The van der Waals surface area contributed by atoms with Crippen LogP contribution in [0.2, 0.25) is 0 Å². The zero-order chi connectivity index (χ0) is 31.7. The molecule has 3 rings (SSSR count). The van der Waals surface area contributed by atoms with Gasteiger partial charge in [-0.1, -0.05) is 18.2 Å². The number of phenolic OH excluding ortho intramolecular Hbond substituents is 6. The molecule has 0 aliphatic heterocycles. The summed E-state index contributed by atoms with van der Waals surface area (Å²) in [5.41, 5.74) is 1.99. The molecule has 12 nitrogen and oxygen atoms in total. The van der Waals surface area contributed by atoms with Gasteiger partial charge in [0.25, 0.3) is 0 Å². The van der Waals surface area contributed by atoms with Crippen LogP contribution in [0, 0.1) is 0 Å². The Morgan fingerprint density at radius 2 is 1.35 bits per heavy atom. The van der Waals surface area contributed by atoms with Gasteiger partial charge in [0.05, 0.1) is 0 Å². The van der Waals surface area contributed by atoms with Crippen LogP contribution in [0.3, 0.4) is 0 Å². The Hall–Kier alpha value is -5.20. The number of hydrogen-bond donors (Lipinski definition) is 9. The Labute approximate surface area is 246 Å². The number of aliphatic hydroxyl groups is 1. The number of hydrogen-bond acceptors (Lipinski definition) is 11. The first-order valence-corrected chi connectivity index (χ1v) is 13.1. The molecule has 0 unspecified atom stereocenters. The molecule has 0 fully saturated rings. The number of aliphatic hydroxyl groups excluding tert-OH is 1. The summed E-state index contributed by atoms with van der Waals surface area (Å²) in [7, 11) is 1.56. The first kappa shape index (κ1) is 32.3. The average Bonchev–Trinajstić information content (AvgIpc) is 2.96. The van der Waals surface area contributed by atoms with Crippen LogP contribution in [-0.4, -0.2) is 79.1 Å². The fraction of sp³-hybridized carbons (Fsp3) is 0.226. The first-order chi connectivity index (χ1) is 20.4. The molecule has 0 saturated heterocycles. The summed E-state index contributed by atoms with van der Waals surface area (Å²) in [6, 6.07) is 8.87. The molecule has 0 saturated carbocycles. The van der Waals surface area contributed by atoms with E-state index in [1.54, 1.807) is 13.1 Å². The molecule has 0 heterocycles. The van der Waals surface area contributed by atoms with Crippen LogP contribution >= 0.6 is 0 Å². The number of likely N-dealkylation sites (N-methyl/N-ethyl adjacent to an activating group) is 1. The Morgan fingerprint density at radius 1 is 0.791 bits per heavy atom. The van der Waals surface area contributed by atoms with E-state index >= 15 is 0 Å². The molecule has 0 bridgehead atoms. The summed E-state index contributed by atoms with van der Waals surface area (Å²) in [6.45, 7) is -0.0381. The summed E-state index contributed by atoms with van der Waals surface area (Å²) in [4.78, 5) is 24.9. The number of esters is 1. The SMILES string of the molecule is CNC[C@@H](c1ccc(O)c(O)c1)[C@@H](OC(=O)/C=C/c1cc(O)c(O)cc1/C=C/c1cc(O)c(O)cc1CCCO)C(=O)O. The minimum absolute atomic E-state index is 0.0477. The van der Waals surface area contributed by atoms with Crippen LogP contribution in [0.15, 0.2) is 48.5 Å². The molecule has 0 amide bonds. The molecule has 12 heteroatoms. The molecule has 3 aromatic rings. The first-order valence-electron chi connectivity index (χ1n) is 13.1. The van der Waals surface area contributed by atoms with Crippen LogP contribution in [-0.2, 0) is 20.7 Å². The Balaban J connectivity index is 1.91. The van der Waals surface area contributed by atoms with Crippen LogP contribution < -0.4 is 5.32 Å². The number of nitrogens with one attached hydrogen (secondary N) is 1. The van der Waals surface area contributed by atoms with Gasteiger partial charge in [-0.05, 0) is 90.2 Å². The number of rotatable bonds is 13. The molecule has 0 aromatic heterocycles. The highest BCUT2D eigenvalue weighted by Crippen LogP contribution is 2.34. The predicted octanol–water partition coefficient (Wildman–Crippen LogP) is 3.03. The lowest BCUT2D eigenvalue weighted by Crippen LogP contribution is -2.37. The van der Waals surface area contributed by atoms with Crippen molar-refractivity contribution >= 4 is 30.2 Å². The molecular formula is C31H33NO11. The number of carbonyl (C=O) groups is 2. The highest BCUT2D eigenvalue weighted by Gasteiger charge is 2.33. The van der Waals surface area contributed by atoms with E-state index in [1.165, 1.54) is 54.6 Å². The maximum Gasteiger partial charge on any atom is 0.345 e. The number of carbonyl (C=O) groups excluding carboxylic acids is 1. The number of aliphatic carboxylic acids is 1. The predicted molar refractivity (Wildman–Crippen MR) is 157 cm³/mol. The minimum Gasteiger partial charge on any atom is -0.504 e. The molecule has 43 heavy (non-hydrogen) atoms. The molecule has 9 N–H and O–H groups in total. The lowest BCUT2D eigenvalue weighted by Gasteiger charge is -2.24. The Kier molecular flexibility index (Phi) is 11.0. The quantitative estimate of drug-likeness (QED) is 0.0603. The number of carboxylic acid groups (broad SMARTS) is 1. The fourth-order valence-corrected chi connectivity index (χ4v) is 4.37. The average molecular weight is 596 g/mol. The van der Waals surface area contributed by atoms with Gasteiger partial charge < -0.3 is 50.9 Å². The van der Waals surface area contributed by atoms with Gasteiger partial charge in [0.2, 0.25) is 6.10 Å². The summed E-state index contributed by atoms with van der Waals surface area (Å²) in [5, 5.41) is 81.3. The zero-order valence-electron chi connectivity index (χ0n) is 23.1. The summed E-state index contributed by atoms with van der Waals surface area (Å²) < 4.78 is 5.26. The summed E-state index contributed by atoms with van der Waals surface area (Å²) in [6.07, 6.45) is 4.42. The second-order valence-corrected chi connectivity index (χ2v) is 9.61. The molecule has 0 aliphatic rings. The van der Waals surface area contributed by atoms with E-state index in [0.29, 0.717) is 35.1 Å². The third-order valence-electron chi connectivity index (χ3n) is 6.57. The number of aryl methyl sites for hydroxylation is 1. The van der Waals surface area contributed by atoms with Gasteiger partial charge in [0.1, 0.15) is 0 Å². The number of phenols is 6. The Morgan fingerprint density at radius 3 is 1.93 bits per heavy atom. The van der Waals surface area contributed by atoms with E-state index in [9.17, 15) is 50.4 Å². The largest absolute Gasteiger partial charge is 0.504 e. The van der Waals surface area contributed by atoms with Crippen molar-refractivity contribution in [2.24, 2.45) is 0 Å². The molecular weight excluding hydrogens is 562 g/mol. The monoisotopic (exact) mass is 595 g/mol. The topological polar surface area (TPSA) is 217 Å². The van der Waals surface area contributed by atoms with Crippen molar-refractivity contribution in [2.75, 3.05) is 20.2 Å². The second kappa shape index (κ2) is 14.6. The van der Waals surface area contributed by atoms with Gasteiger partial charge in [-0.3, -0.25) is 0 Å². The normalized spacial score (nSPS) is 12.9. The standard InChI is InChI=1S/C31H33NO11/c1-32-16-22(21-6-8-23(34)24(35)15-21)30(31(41)42)43-29(40)9-7-20-14-28(39)27(38)13-19(20)5-4-18-12-26(37)25(36)11-17(18)3-2-10-33/h4-9,11-15,22,30,32-39H,2-3,10,16H2,1H3,(H,41,42)/b5-4+,9-7+/t22-,30+/m0/s1. The van der Waals surface area contributed by atoms with Gasteiger partial charge in [-0.25, -0.2) is 9.59 Å². The summed E-state index contributed by atoms with van der Waals surface area (Å²) in [5.74, 6) is -5.92. The van der Waals surface area contributed by atoms with Gasteiger partial charge in [-0.2, -0.15) is 0 Å². The van der Waals surface area contributed by atoms with Gasteiger partial charge in [0, 0.05) is 25.1 Å². The van der Waals surface area contributed by atoms with Crippen molar-refractivity contribution in [3.63, 3.8) is 0 Å². The molecule has 2 atom stereocenters. The second-order valence-electron chi connectivity index (χ2n) is 9.61. The fourth-order valence-electron chi connectivity index (χ4n) is 4.37. The van der Waals surface area contributed by atoms with Crippen LogP contribution in [0.1, 0.15) is 40.2 Å². The third kappa shape index (κ3) is 8.41. The van der Waals surface area contributed by atoms with Crippen molar-refractivity contribution in [1.82, 2.24) is 5.32 Å². The zero-order valence-corrected chi connectivity index (χ0v) is 23.1. The van der Waals surface area contributed by atoms with Gasteiger partial charge in [-0.15, -0.1) is 0 Å². The van der Waals surface area contributed by atoms with Gasteiger partial charge >= 0.3 is 11.9 Å². The number of aromatic hydroxyl groups is 6. The number of carboxylic acids is 1. The highest BCUT2D eigenvalue weighted by molar-refractivity contribution is 5.91. The van der Waals surface area contributed by atoms with Crippen LogP contribution in [0.5, 0.6) is 34.5 Å². The smallest absolute Gasteiger partial charge is 0.345 e. The van der Waals surface area contributed by atoms with E-state index in [0.717, 1.165) is 6.08 Å². The van der Waals surface area contributed by atoms with E-state index in [4.69, 9.17) is 4.74 Å². The van der Waals surface area contributed by atoms with Crippen LogP contribution in [0.25, 0.3) is 18.2 Å². The number of ether oxygens (including phenoxy) is 1. The maximum absolute atomic E-state index is 12.8. The van der Waals surface area contributed by atoms with Crippen molar-refractivity contribution in [3.05, 3.63) is 76.4 Å². The minimum atomic E-state index is -1.68. The van der Waals surface area contributed by atoms with E-state index in [-0.39, 0.29) is 30.2 Å². The van der Waals surface area contributed by atoms with E-state index < -0.39 is 47.0 Å². The lowest BCUT2D eigenvalue weighted by molar-refractivity contribution is -0.162. The molecule has 228 valence electrons. The molecule has 0 radical (unpaired) electrons. The lowest BCUT2D eigenvalue weighted by atomic mass is 9.92. The van der Waals surface area contributed by atoms with Gasteiger partial charge in [0.15, 0.2) is 34.5 Å². The van der Waals surface area contributed by atoms with Crippen LogP contribution in [0.4, 0.5) is 0 Å². The highest BCUT2D eigenvalue weighted by atomic mass is 16.6. The van der Waals surface area contributed by atoms with Crippen molar-refractivity contribution < 1.29 is 55.2 Å². The van der Waals surface area contributed by atoms with Crippen molar-refractivity contribution in [3.8, 4) is 34.5 Å². The molecule has 0 spiro atoms. The third-order valence-corrected chi connectivity index (χ3v) is 6.57. The number of benzene rings is 3. The maximum atomic E-state index is 12.8.